The zero-order valence-electron chi connectivity index (χ0n) is 12.1. The molecule has 1 aromatic heterocycles. The van der Waals surface area contributed by atoms with Crippen molar-refractivity contribution in [1.29, 1.82) is 0 Å². The van der Waals surface area contributed by atoms with Crippen molar-refractivity contribution >= 4 is 34.3 Å². The third-order valence-electron chi connectivity index (χ3n) is 3.28. The first-order valence-electron chi connectivity index (χ1n) is 6.80. The van der Waals surface area contributed by atoms with Gasteiger partial charge in [-0.25, -0.2) is 0 Å². The highest BCUT2D eigenvalue weighted by Crippen LogP contribution is 2.36. The number of benzene rings is 2. The number of fused-ring (bicyclic) bond motifs is 1. The van der Waals surface area contributed by atoms with Crippen molar-refractivity contribution in [3.63, 3.8) is 0 Å². The van der Waals surface area contributed by atoms with Crippen LogP contribution in [0.3, 0.4) is 0 Å². The third-order valence-corrected chi connectivity index (χ3v) is 4.70. The van der Waals surface area contributed by atoms with Gasteiger partial charge in [0.15, 0.2) is 0 Å². The number of nitrogens with one attached hydrogen (secondary N) is 1. The molecule has 0 aliphatic carbocycles. The van der Waals surface area contributed by atoms with Gasteiger partial charge in [0.05, 0.1) is 0 Å². The van der Waals surface area contributed by atoms with E-state index in [0.29, 0.717) is 0 Å². The first-order chi connectivity index (χ1) is 10.1. The summed E-state index contributed by atoms with van der Waals surface area (Å²) in [5.74, 6) is 0. The quantitative estimate of drug-likeness (QED) is 0.727. The van der Waals surface area contributed by atoms with Gasteiger partial charge >= 0.3 is 0 Å². The van der Waals surface area contributed by atoms with Gasteiger partial charge in [-0.05, 0) is 43.9 Å². The van der Waals surface area contributed by atoms with E-state index in [9.17, 15) is 0 Å². The van der Waals surface area contributed by atoms with Crippen LogP contribution in [0, 0.1) is 0 Å². The lowest BCUT2D eigenvalue weighted by Gasteiger charge is -2.13. The summed E-state index contributed by atoms with van der Waals surface area (Å²) in [5.41, 5.74) is 2.45. The van der Waals surface area contributed by atoms with Crippen LogP contribution in [0.5, 0.6) is 0 Å². The summed E-state index contributed by atoms with van der Waals surface area (Å²) in [7, 11) is 4.18. The minimum Gasteiger partial charge on any atom is -0.360 e. The second kappa shape index (κ2) is 6.14. The van der Waals surface area contributed by atoms with E-state index in [1.165, 1.54) is 20.7 Å². The predicted molar refractivity (Wildman–Crippen MR) is 91.3 cm³/mol. The number of aromatic nitrogens is 1. The van der Waals surface area contributed by atoms with E-state index in [0.717, 1.165) is 17.1 Å². The lowest BCUT2D eigenvalue weighted by Crippen LogP contribution is -2.11. The standard InChI is InChI=1S/C17H17ClN2S/c1-20(2)11-12-5-3-4-6-16(12)21-17-10-19-15-8-7-13(18)9-14(15)17/h3-10,19H,11H2,1-2H3. The fraction of sp³-hybridized carbons (Fsp3) is 0.176. The van der Waals surface area contributed by atoms with Crippen molar-refractivity contribution in [2.45, 2.75) is 16.3 Å². The van der Waals surface area contributed by atoms with E-state index in [4.69, 9.17) is 11.6 Å². The molecule has 0 saturated heterocycles. The maximum absolute atomic E-state index is 6.12. The zero-order valence-corrected chi connectivity index (χ0v) is 13.6. The second-order valence-electron chi connectivity index (χ2n) is 5.29. The Balaban J connectivity index is 1.97. The van der Waals surface area contributed by atoms with Crippen molar-refractivity contribution in [2.24, 2.45) is 0 Å². The molecule has 0 bridgehead atoms. The van der Waals surface area contributed by atoms with E-state index in [-0.39, 0.29) is 0 Å². The zero-order chi connectivity index (χ0) is 14.8. The predicted octanol–water partition coefficient (Wildman–Crippen LogP) is 5.03. The second-order valence-corrected chi connectivity index (χ2v) is 6.81. The normalized spacial score (nSPS) is 11.4. The van der Waals surface area contributed by atoms with Crippen LogP contribution in [0.15, 0.2) is 58.5 Å². The Labute approximate surface area is 134 Å². The lowest BCUT2D eigenvalue weighted by atomic mass is 10.2. The number of rotatable bonds is 4. The molecule has 0 atom stereocenters. The summed E-state index contributed by atoms with van der Waals surface area (Å²) in [4.78, 5) is 7.98. The fourth-order valence-corrected chi connectivity index (χ4v) is 3.56. The summed E-state index contributed by atoms with van der Waals surface area (Å²) in [6, 6.07) is 14.5. The number of aromatic amines is 1. The monoisotopic (exact) mass is 316 g/mol. The van der Waals surface area contributed by atoms with Gasteiger partial charge in [-0.3, -0.25) is 0 Å². The number of halogens is 1. The van der Waals surface area contributed by atoms with Gasteiger partial charge in [-0.2, -0.15) is 0 Å². The molecular formula is C17H17ClN2S. The lowest BCUT2D eigenvalue weighted by molar-refractivity contribution is 0.399. The van der Waals surface area contributed by atoms with Crippen LogP contribution in [-0.4, -0.2) is 24.0 Å². The van der Waals surface area contributed by atoms with E-state index in [2.05, 4.69) is 54.4 Å². The Morgan fingerprint density at radius 2 is 1.90 bits per heavy atom. The Morgan fingerprint density at radius 3 is 2.71 bits per heavy atom. The van der Waals surface area contributed by atoms with Crippen LogP contribution < -0.4 is 0 Å². The van der Waals surface area contributed by atoms with Gasteiger partial charge < -0.3 is 9.88 Å². The minimum atomic E-state index is 0.769. The topological polar surface area (TPSA) is 19.0 Å². The van der Waals surface area contributed by atoms with Crippen LogP contribution in [-0.2, 0) is 6.54 Å². The molecule has 0 unspecified atom stereocenters. The van der Waals surface area contributed by atoms with E-state index < -0.39 is 0 Å². The fourth-order valence-electron chi connectivity index (χ4n) is 2.34. The summed E-state index contributed by atoms with van der Waals surface area (Å²) >= 11 is 7.91. The molecule has 0 fully saturated rings. The van der Waals surface area contributed by atoms with E-state index in [1.54, 1.807) is 11.8 Å². The van der Waals surface area contributed by atoms with E-state index >= 15 is 0 Å². The molecule has 3 rings (SSSR count). The Morgan fingerprint density at radius 1 is 1.10 bits per heavy atom. The molecule has 0 radical (unpaired) electrons. The molecule has 0 aliphatic heterocycles. The Kier molecular flexibility index (Phi) is 4.24. The smallest absolute Gasteiger partial charge is 0.0466 e. The van der Waals surface area contributed by atoms with Crippen LogP contribution in [0.1, 0.15) is 5.56 Å². The number of hydrogen-bond acceptors (Lipinski definition) is 2. The van der Waals surface area contributed by atoms with E-state index in [1.807, 2.05) is 18.2 Å². The Hall–Kier alpha value is -1.42. The molecule has 108 valence electrons. The molecule has 2 aromatic carbocycles. The molecule has 0 aliphatic rings. The first-order valence-corrected chi connectivity index (χ1v) is 8.00. The van der Waals surface area contributed by atoms with Crippen LogP contribution >= 0.6 is 23.4 Å². The molecular weight excluding hydrogens is 300 g/mol. The highest BCUT2D eigenvalue weighted by molar-refractivity contribution is 7.99. The first kappa shape index (κ1) is 14.5. The molecule has 0 amide bonds. The molecule has 4 heteroatoms. The average molecular weight is 317 g/mol. The molecule has 0 saturated carbocycles. The Bertz CT molecular complexity index is 764. The average Bonchev–Trinajstić information content (AvgIpc) is 2.83. The molecule has 21 heavy (non-hydrogen) atoms. The molecule has 1 N–H and O–H groups in total. The van der Waals surface area contributed by atoms with Crippen LogP contribution in [0.4, 0.5) is 0 Å². The van der Waals surface area contributed by atoms with Gasteiger partial charge in [0.2, 0.25) is 0 Å². The molecule has 2 nitrogen and oxygen atoms in total. The summed E-state index contributed by atoms with van der Waals surface area (Å²) < 4.78 is 0. The summed E-state index contributed by atoms with van der Waals surface area (Å²) in [6.07, 6.45) is 2.05. The van der Waals surface area contributed by atoms with Gasteiger partial charge in [-0.1, -0.05) is 41.6 Å². The highest BCUT2D eigenvalue weighted by atomic mass is 35.5. The van der Waals surface area contributed by atoms with Crippen molar-refractivity contribution in [2.75, 3.05) is 14.1 Å². The van der Waals surface area contributed by atoms with Crippen molar-refractivity contribution < 1.29 is 0 Å². The van der Waals surface area contributed by atoms with Crippen molar-refractivity contribution in [1.82, 2.24) is 9.88 Å². The number of H-pyrrole nitrogens is 1. The van der Waals surface area contributed by atoms with Gasteiger partial charge in [0.1, 0.15) is 0 Å². The highest BCUT2D eigenvalue weighted by Gasteiger charge is 2.09. The maximum Gasteiger partial charge on any atom is 0.0466 e. The summed E-state index contributed by atoms with van der Waals surface area (Å²) in [5, 5.41) is 1.94. The minimum absolute atomic E-state index is 0.769. The van der Waals surface area contributed by atoms with Crippen LogP contribution in [0.25, 0.3) is 10.9 Å². The number of hydrogen-bond donors (Lipinski definition) is 1. The SMILES string of the molecule is CN(C)Cc1ccccc1Sc1c[nH]c2ccc(Cl)cc12. The van der Waals surface area contributed by atoms with Gasteiger partial charge in [0.25, 0.3) is 0 Å². The number of nitrogens with zero attached hydrogens (tertiary/aromatic N) is 1. The van der Waals surface area contributed by atoms with Crippen molar-refractivity contribution in [3.05, 3.63) is 59.2 Å². The van der Waals surface area contributed by atoms with Crippen molar-refractivity contribution in [3.8, 4) is 0 Å². The van der Waals surface area contributed by atoms with Gasteiger partial charge in [0, 0.05) is 38.5 Å². The largest absolute Gasteiger partial charge is 0.360 e. The van der Waals surface area contributed by atoms with Crippen LogP contribution in [0.2, 0.25) is 5.02 Å². The third kappa shape index (κ3) is 3.26. The maximum atomic E-state index is 6.12. The molecule has 1 heterocycles. The summed E-state index contributed by atoms with van der Waals surface area (Å²) in [6.45, 7) is 0.937. The van der Waals surface area contributed by atoms with Gasteiger partial charge in [-0.15, -0.1) is 0 Å². The molecule has 3 aromatic rings. The molecule has 0 spiro atoms.